The maximum absolute atomic E-state index is 12.3. The van der Waals surface area contributed by atoms with E-state index in [0.29, 0.717) is 19.6 Å². The molecule has 0 atom stereocenters. The summed E-state index contributed by atoms with van der Waals surface area (Å²) < 4.78 is 1.90. The van der Waals surface area contributed by atoms with Gasteiger partial charge in [-0.25, -0.2) is 0 Å². The molecule has 6 nitrogen and oxygen atoms in total. The van der Waals surface area contributed by atoms with Gasteiger partial charge in [0.15, 0.2) is 0 Å². The summed E-state index contributed by atoms with van der Waals surface area (Å²) in [7, 11) is 0. The Morgan fingerprint density at radius 1 is 0.939 bits per heavy atom. The van der Waals surface area contributed by atoms with Crippen molar-refractivity contribution in [3.63, 3.8) is 0 Å². The molecular formula is C27H30N4O2. The normalized spacial score (nSPS) is 13.9. The van der Waals surface area contributed by atoms with Crippen molar-refractivity contribution in [3.05, 3.63) is 84.1 Å². The largest absolute Gasteiger partial charge is 0.354 e. The van der Waals surface area contributed by atoms with Crippen molar-refractivity contribution in [1.29, 1.82) is 0 Å². The Morgan fingerprint density at radius 2 is 1.61 bits per heavy atom. The molecule has 3 aromatic rings. The molecule has 1 heterocycles. The highest BCUT2D eigenvalue weighted by molar-refractivity contribution is 5.92. The lowest BCUT2D eigenvalue weighted by molar-refractivity contribution is -0.125. The lowest BCUT2D eigenvalue weighted by Gasteiger charge is -2.10. The molecule has 1 aliphatic carbocycles. The molecule has 0 aliphatic heterocycles. The second kappa shape index (κ2) is 11.3. The number of carbonyl (C=O) groups excluding carboxylic acids is 2. The molecule has 2 aromatic carbocycles. The quantitative estimate of drug-likeness (QED) is 0.388. The highest BCUT2D eigenvalue weighted by Gasteiger charge is 2.21. The summed E-state index contributed by atoms with van der Waals surface area (Å²) >= 11 is 0. The van der Waals surface area contributed by atoms with Crippen LogP contribution in [0.3, 0.4) is 0 Å². The third kappa shape index (κ3) is 6.42. The van der Waals surface area contributed by atoms with E-state index in [-0.39, 0.29) is 17.7 Å². The molecule has 4 rings (SSSR count). The van der Waals surface area contributed by atoms with Gasteiger partial charge in [0, 0.05) is 42.4 Å². The van der Waals surface area contributed by atoms with E-state index < -0.39 is 0 Å². The maximum atomic E-state index is 12.3. The first-order valence-corrected chi connectivity index (χ1v) is 11.6. The summed E-state index contributed by atoms with van der Waals surface area (Å²) in [6.45, 7) is 1.50. The van der Waals surface area contributed by atoms with Gasteiger partial charge in [-0.2, -0.15) is 5.10 Å². The Labute approximate surface area is 194 Å². The van der Waals surface area contributed by atoms with Crippen LogP contribution >= 0.6 is 0 Å². The second-order valence-electron chi connectivity index (χ2n) is 8.38. The number of hydrogen-bond donors (Lipinski definition) is 2. The highest BCUT2D eigenvalue weighted by Crippen LogP contribution is 2.25. The van der Waals surface area contributed by atoms with Crippen LogP contribution in [-0.4, -0.2) is 34.7 Å². The Bertz CT molecular complexity index is 1080. The van der Waals surface area contributed by atoms with Crippen molar-refractivity contribution < 1.29 is 9.59 Å². The van der Waals surface area contributed by atoms with Gasteiger partial charge in [-0.1, -0.05) is 73.5 Å². The average Bonchev–Trinajstić information content (AvgIpc) is 3.52. The van der Waals surface area contributed by atoms with Gasteiger partial charge in [-0.15, -0.1) is 0 Å². The minimum Gasteiger partial charge on any atom is -0.354 e. The van der Waals surface area contributed by atoms with Gasteiger partial charge in [0.25, 0.3) is 0 Å². The number of aromatic nitrogens is 2. The van der Waals surface area contributed by atoms with Gasteiger partial charge in [0.05, 0.1) is 12.2 Å². The minimum absolute atomic E-state index is 0.107. The van der Waals surface area contributed by atoms with Crippen LogP contribution in [-0.2, 0) is 16.1 Å². The van der Waals surface area contributed by atoms with Gasteiger partial charge >= 0.3 is 0 Å². The van der Waals surface area contributed by atoms with Gasteiger partial charge in [0.1, 0.15) is 0 Å². The van der Waals surface area contributed by atoms with Crippen LogP contribution in [0.5, 0.6) is 0 Å². The van der Waals surface area contributed by atoms with Gasteiger partial charge < -0.3 is 10.6 Å². The molecule has 1 saturated carbocycles. The van der Waals surface area contributed by atoms with Crippen LogP contribution in [0.25, 0.3) is 17.3 Å². The van der Waals surface area contributed by atoms with Crippen molar-refractivity contribution in [1.82, 2.24) is 20.4 Å². The van der Waals surface area contributed by atoms with E-state index in [1.54, 1.807) is 6.08 Å². The fraction of sp³-hybridized carbons (Fsp3) is 0.296. The van der Waals surface area contributed by atoms with Gasteiger partial charge in [-0.3, -0.25) is 14.3 Å². The second-order valence-corrected chi connectivity index (χ2v) is 8.38. The molecular weight excluding hydrogens is 412 g/mol. The summed E-state index contributed by atoms with van der Waals surface area (Å²) in [5.74, 6) is 0.0555. The zero-order valence-electron chi connectivity index (χ0n) is 18.7. The Hall–Kier alpha value is -3.67. The molecule has 0 bridgehead atoms. The van der Waals surface area contributed by atoms with E-state index in [2.05, 4.69) is 22.8 Å². The Morgan fingerprint density at radius 3 is 2.33 bits per heavy atom. The zero-order chi connectivity index (χ0) is 22.9. The Balaban J connectivity index is 1.37. The third-order valence-electron chi connectivity index (χ3n) is 5.89. The topological polar surface area (TPSA) is 76.0 Å². The predicted octanol–water partition coefficient (Wildman–Crippen LogP) is 4.03. The van der Waals surface area contributed by atoms with Gasteiger partial charge in [0.2, 0.25) is 11.8 Å². The van der Waals surface area contributed by atoms with E-state index in [1.165, 1.54) is 6.08 Å². The van der Waals surface area contributed by atoms with Crippen LogP contribution in [0, 0.1) is 5.92 Å². The van der Waals surface area contributed by atoms with E-state index >= 15 is 0 Å². The molecule has 170 valence electrons. The smallest absolute Gasteiger partial charge is 0.244 e. The summed E-state index contributed by atoms with van der Waals surface area (Å²) in [5.41, 5.74) is 3.87. The van der Waals surface area contributed by atoms with Crippen molar-refractivity contribution >= 4 is 17.9 Å². The first-order valence-electron chi connectivity index (χ1n) is 11.6. The minimum atomic E-state index is -0.195. The van der Waals surface area contributed by atoms with E-state index in [0.717, 1.165) is 48.1 Å². The van der Waals surface area contributed by atoms with Crippen LogP contribution in [0.15, 0.2) is 72.9 Å². The van der Waals surface area contributed by atoms with Crippen LogP contribution in [0.2, 0.25) is 0 Å². The zero-order valence-corrected chi connectivity index (χ0v) is 18.7. The maximum Gasteiger partial charge on any atom is 0.244 e. The molecule has 0 radical (unpaired) electrons. The average molecular weight is 443 g/mol. The molecule has 0 spiro atoms. The number of carbonyl (C=O) groups is 2. The van der Waals surface area contributed by atoms with Crippen LogP contribution < -0.4 is 10.6 Å². The molecule has 33 heavy (non-hydrogen) atoms. The summed E-state index contributed by atoms with van der Waals surface area (Å²) in [6, 6.07) is 20.1. The third-order valence-corrected chi connectivity index (χ3v) is 5.89. The van der Waals surface area contributed by atoms with Crippen LogP contribution in [0.1, 0.15) is 36.8 Å². The first kappa shape index (κ1) is 22.5. The standard InChI is InChI=1S/C27H30N4O2/c32-25(28-17-18-29-27(33)23-13-7-8-14-23)16-15-24-20-31(19-21-9-3-1-4-10-21)30-26(24)22-11-5-2-6-12-22/h1-6,9-12,15-16,20,23H,7-8,13-14,17-19H2,(H,28,32)(H,29,33)/b16-15+. The van der Waals surface area contributed by atoms with Crippen LogP contribution in [0.4, 0.5) is 0 Å². The number of hydrogen-bond acceptors (Lipinski definition) is 3. The number of nitrogens with one attached hydrogen (secondary N) is 2. The fourth-order valence-corrected chi connectivity index (χ4v) is 4.16. The van der Waals surface area contributed by atoms with Crippen molar-refractivity contribution in [2.45, 2.75) is 32.2 Å². The summed E-state index contributed by atoms with van der Waals surface area (Å²) in [6.07, 6.45) is 9.49. The van der Waals surface area contributed by atoms with Crippen molar-refractivity contribution in [3.8, 4) is 11.3 Å². The Kier molecular flexibility index (Phi) is 7.69. The number of nitrogens with zero attached hydrogens (tertiary/aromatic N) is 2. The summed E-state index contributed by atoms with van der Waals surface area (Å²) in [4.78, 5) is 24.4. The monoisotopic (exact) mass is 442 g/mol. The molecule has 1 aliphatic rings. The molecule has 2 amide bonds. The predicted molar refractivity (Wildman–Crippen MR) is 130 cm³/mol. The molecule has 1 aromatic heterocycles. The number of amides is 2. The SMILES string of the molecule is O=C(/C=C/c1cn(Cc2ccccc2)nc1-c1ccccc1)NCCNC(=O)C1CCCC1. The molecule has 0 saturated heterocycles. The van der Waals surface area contributed by atoms with E-state index in [4.69, 9.17) is 5.10 Å². The lowest BCUT2D eigenvalue weighted by Crippen LogP contribution is -2.36. The summed E-state index contributed by atoms with van der Waals surface area (Å²) in [5, 5.41) is 10.5. The van der Waals surface area contributed by atoms with E-state index in [1.807, 2.05) is 59.4 Å². The first-order chi connectivity index (χ1) is 16.2. The van der Waals surface area contributed by atoms with Gasteiger partial charge in [-0.05, 0) is 24.5 Å². The van der Waals surface area contributed by atoms with Crippen molar-refractivity contribution in [2.75, 3.05) is 13.1 Å². The highest BCUT2D eigenvalue weighted by atomic mass is 16.2. The molecule has 0 unspecified atom stereocenters. The van der Waals surface area contributed by atoms with E-state index in [9.17, 15) is 9.59 Å². The molecule has 2 N–H and O–H groups in total. The number of benzene rings is 2. The fourth-order valence-electron chi connectivity index (χ4n) is 4.16. The molecule has 6 heteroatoms. The molecule has 1 fully saturated rings. The lowest BCUT2D eigenvalue weighted by atomic mass is 10.1. The van der Waals surface area contributed by atoms with Crippen molar-refractivity contribution in [2.24, 2.45) is 5.92 Å². The number of rotatable bonds is 9.